The summed E-state index contributed by atoms with van der Waals surface area (Å²) in [4.78, 5) is 0. The van der Waals surface area contributed by atoms with E-state index < -0.39 is 0 Å². The van der Waals surface area contributed by atoms with Crippen LogP contribution in [0.1, 0.15) is 30.4 Å². The van der Waals surface area contributed by atoms with E-state index in [0.29, 0.717) is 0 Å². The fraction of sp³-hybridized carbons (Fsp3) is 0.250. The Balaban J connectivity index is 2.22. The second-order valence-corrected chi connectivity index (χ2v) is 7.07. The molecule has 0 fully saturated rings. The van der Waals surface area contributed by atoms with Gasteiger partial charge in [0, 0.05) is 8.95 Å². The maximum atomic E-state index is 6.55. The predicted octanol–water partition coefficient (Wildman–Crippen LogP) is 6.33. The number of rotatable bonds is 4. The van der Waals surface area contributed by atoms with E-state index in [0.717, 1.165) is 25.8 Å². The predicted molar refractivity (Wildman–Crippen MR) is 91.7 cm³/mol. The summed E-state index contributed by atoms with van der Waals surface area (Å²) in [5.41, 5.74) is 2.10. The minimum Gasteiger partial charge on any atom is -0.491 e. The normalized spacial score (nSPS) is 12.5. The molecule has 0 heterocycles. The average Bonchev–Trinajstić information content (AvgIpc) is 2.37. The number of ether oxygens (including phenoxy) is 1. The first-order valence-electron chi connectivity index (χ1n) is 6.32. The van der Waals surface area contributed by atoms with Gasteiger partial charge in [0.15, 0.2) is 0 Å². The van der Waals surface area contributed by atoms with E-state index in [4.69, 9.17) is 16.3 Å². The summed E-state index contributed by atoms with van der Waals surface area (Å²) in [6.07, 6.45) is 0.175. The lowest BCUT2D eigenvalue weighted by molar-refractivity contribution is 0.242. The van der Waals surface area contributed by atoms with Gasteiger partial charge >= 0.3 is 0 Å². The fourth-order valence-corrected chi connectivity index (χ4v) is 3.50. The highest BCUT2D eigenvalue weighted by atomic mass is 79.9. The summed E-state index contributed by atoms with van der Waals surface area (Å²) in [5.74, 6) is 0.864. The second-order valence-electron chi connectivity index (χ2n) is 4.80. The standard InChI is InChI=1S/C16H15Br2ClO/c1-10(2)20-15-5-3-11(4-6-15)16(19)12-7-13(17)9-14(18)8-12/h3-10,16H,1-2H3. The Morgan fingerprint density at radius 1 is 0.900 bits per heavy atom. The van der Waals surface area contributed by atoms with Crippen molar-refractivity contribution in [2.75, 3.05) is 0 Å². The molecular weight excluding hydrogens is 403 g/mol. The lowest BCUT2D eigenvalue weighted by Gasteiger charge is -2.14. The maximum absolute atomic E-state index is 6.55. The topological polar surface area (TPSA) is 9.23 Å². The van der Waals surface area contributed by atoms with E-state index in [1.165, 1.54) is 0 Å². The molecular formula is C16H15Br2ClO. The second kappa shape index (κ2) is 6.97. The fourth-order valence-electron chi connectivity index (χ4n) is 1.90. The molecule has 4 heteroatoms. The van der Waals surface area contributed by atoms with Crippen LogP contribution in [0, 0.1) is 0 Å². The zero-order chi connectivity index (χ0) is 14.7. The Hall–Kier alpha value is -0.510. The van der Waals surface area contributed by atoms with Crippen molar-refractivity contribution >= 4 is 43.5 Å². The molecule has 2 aromatic rings. The first kappa shape index (κ1) is 15.9. The van der Waals surface area contributed by atoms with Crippen molar-refractivity contribution in [3.63, 3.8) is 0 Å². The van der Waals surface area contributed by atoms with Crippen molar-refractivity contribution in [2.45, 2.75) is 25.3 Å². The molecule has 0 aliphatic carbocycles. The van der Waals surface area contributed by atoms with Gasteiger partial charge in [-0.2, -0.15) is 0 Å². The SMILES string of the molecule is CC(C)Oc1ccc(C(Cl)c2cc(Br)cc(Br)c2)cc1. The average molecular weight is 419 g/mol. The lowest BCUT2D eigenvalue weighted by Crippen LogP contribution is -2.05. The number of hydrogen-bond donors (Lipinski definition) is 0. The third-order valence-electron chi connectivity index (χ3n) is 2.72. The Labute approximate surface area is 141 Å². The molecule has 0 aromatic heterocycles. The van der Waals surface area contributed by atoms with Crippen molar-refractivity contribution in [3.05, 3.63) is 62.5 Å². The Morgan fingerprint density at radius 3 is 1.95 bits per heavy atom. The van der Waals surface area contributed by atoms with E-state index in [1.54, 1.807) is 0 Å². The summed E-state index contributed by atoms with van der Waals surface area (Å²) in [6, 6.07) is 14.0. The van der Waals surface area contributed by atoms with E-state index in [1.807, 2.05) is 56.3 Å². The van der Waals surface area contributed by atoms with Crippen LogP contribution < -0.4 is 4.74 Å². The molecule has 106 valence electrons. The van der Waals surface area contributed by atoms with Gasteiger partial charge < -0.3 is 4.74 Å². The summed E-state index contributed by atoms with van der Waals surface area (Å²) >= 11 is 13.5. The maximum Gasteiger partial charge on any atom is 0.119 e. The molecule has 0 N–H and O–H groups in total. The van der Waals surface area contributed by atoms with Crippen LogP contribution in [-0.2, 0) is 0 Å². The molecule has 1 nitrogen and oxygen atoms in total. The minimum atomic E-state index is -0.183. The molecule has 1 unspecified atom stereocenters. The highest BCUT2D eigenvalue weighted by molar-refractivity contribution is 9.11. The summed E-state index contributed by atoms with van der Waals surface area (Å²) in [7, 11) is 0. The summed E-state index contributed by atoms with van der Waals surface area (Å²) in [6.45, 7) is 4.02. The molecule has 0 bridgehead atoms. The van der Waals surface area contributed by atoms with Crippen molar-refractivity contribution in [2.24, 2.45) is 0 Å². The van der Waals surface area contributed by atoms with Crippen LogP contribution in [0.25, 0.3) is 0 Å². The van der Waals surface area contributed by atoms with Gasteiger partial charge in [-0.25, -0.2) is 0 Å². The molecule has 0 aliphatic rings. The highest BCUT2D eigenvalue weighted by Gasteiger charge is 2.12. The number of benzene rings is 2. The quantitative estimate of drug-likeness (QED) is 0.528. The Bertz CT molecular complexity index is 561. The van der Waals surface area contributed by atoms with Crippen LogP contribution in [-0.4, -0.2) is 6.10 Å². The van der Waals surface area contributed by atoms with Gasteiger partial charge in [-0.15, -0.1) is 11.6 Å². The van der Waals surface area contributed by atoms with Gasteiger partial charge in [0.2, 0.25) is 0 Å². The Morgan fingerprint density at radius 2 is 1.45 bits per heavy atom. The summed E-state index contributed by atoms with van der Waals surface area (Å²) < 4.78 is 7.65. The van der Waals surface area contributed by atoms with Gasteiger partial charge in [0.05, 0.1) is 11.5 Å². The first-order valence-corrected chi connectivity index (χ1v) is 8.34. The molecule has 0 radical (unpaired) electrons. The van der Waals surface area contributed by atoms with E-state index in [2.05, 4.69) is 31.9 Å². The third-order valence-corrected chi connectivity index (χ3v) is 4.14. The molecule has 0 aliphatic heterocycles. The Kier molecular flexibility index (Phi) is 5.53. The molecule has 0 saturated carbocycles. The van der Waals surface area contributed by atoms with Crippen LogP contribution in [0.4, 0.5) is 0 Å². The monoisotopic (exact) mass is 416 g/mol. The van der Waals surface area contributed by atoms with Crippen LogP contribution in [0.2, 0.25) is 0 Å². The molecule has 1 atom stereocenters. The highest BCUT2D eigenvalue weighted by Crippen LogP contribution is 2.33. The molecule has 2 rings (SSSR count). The van der Waals surface area contributed by atoms with Gasteiger partial charge in [-0.3, -0.25) is 0 Å². The third kappa shape index (κ3) is 4.24. The number of halogens is 3. The van der Waals surface area contributed by atoms with Crippen molar-refractivity contribution in [1.29, 1.82) is 0 Å². The lowest BCUT2D eigenvalue weighted by atomic mass is 10.0. The van der Waals surface area contributed by atoms with Crippen LogP contribution in [0.5, 0.6) is 5.75 Å². The minimum absolute atomic E-state index is 0.175. The number of hydrogen-bond acceptors (Lipinski definition) is 1. The van der Waals surface area contributed by atoms with Crippen molar-refractivity contribution in [1.82, 2.24) is 0 Å². The molecule has 0 amide bonds. The van der Waals surface area contributed by atoms with Crippen LogP contribution in [0.3, 0.4) is 0 Å². The van der Waals surface area contributed by atoms with Gasteiger partial charge in [0.25, 0.3) is 0 Å². The largest absolute Gasteiger partial charge is 0.491 e. The van der Waals surface area contributed by atoms with Gasteiger partial charge in [-0.05, 0) is 55.3 Å². The molecule has 20 heavy (non-hydrogen) atoms. The van der Waals surface area contributed by atoms with Crippen LogP contribution >= 0.6 is 43.5 Å². The molecule has 2 aromatic carbocycles. The van der Waals surface area contributed by atoms with Crippen molar-refractivity contribution in [3.8, 4) is 5.75 Å². The van der Waals surface area contributed by atoms with E-state index in [9.17, 15) is 0 Å². The zero-order valence-electron chi connectivity index (χ0n) is 11.2. The smallest absolute Gasteiger partial charge is 0.119 e. The zero-order valence-corrected chi connectivity index (χ0v) is 15.2. The van der Waals surface area contributed by atoms with Gasteiger partial charge in [0.1, 0.15) is 5.75 Å². The van der Waals surface area contributed by atoms with Crippen LogP contribution in [0.15, 0.2) is 51.4 Å². The molecule has 0 spiro atoms. The molecule has 0 saturated heterocycles. The first-order chi connectivity index (χ1) is 9.45. The summed E-state index contributed by atoms with van der Waals surface area (Å²) in [5, 5.41) is -0.183. The van der Waals surface area contributed by atoms with E-state index in [-0.39, 0.29) is 11.5 Å². The van der Waals surface area contributed by atoms with Crippen molar-refractivity contribution < 1.29 is 4.74 Å². The van der Waals surface area contributed by atoms with Gasteiger partial charge in [-0.1, -0.05) is 44.0 Å². The van der Waals surface area contributed by atoms with E-state index >= 15 is 0 Å². The number of alkyl halides is 1.